The van der Waals surface area contributed by atoms with Gasteiger partial charge in [0.1, 0.15) is 4.90 Å². The van der Waals surface area contributed by atoms with Crippen LogP contribution < -0.4 is 10.0 Å². The van der Waals surface area contributed by atoms with E-state index < -0.39 is 10.0 Å². The average Bonchev–Trinajstić information content (AvgIpc) is 2.28. The number of primary sulfonamides is 1. The Bertz CT molecular complexity index is 451. The van der Waals surface area contributed by atoms with Crippen LogP contribution in [0.4, 0.5) is 5.69 Å². The third kappa shape index (κ3) is 3.71. The molecular weight excluding hydrogens is 236 g/mol. The van der Waals surface area contributed by atoms with Crippen LogP contribution in [0.1, 0.15) is 26.7 Å². The standard InChI is InChI=1S/C12H20N2O2S/c1-3-9-14(10-4-2)11-7-5-6-8-12(11)17(13,15)16/h5-8H,3-4,9-10H2,1-2H3,(H2,13,15,16). The summed E-state index contributed by atoms with van der Waals surface area (Å²) in [5, 5.41) is 5.23. The number of hydrogen-bond acceptors (Lipinski definition) is 3. The minimum Gasteiger partial charge on any atom is -0.370 e. The highest BCUT2D eigenvalue weighted by Gasteiger charge is 2.17. The van der Waals surface area contributed by atoms with Gasteiger partial charge in [0.15, 0.2) is 0 Å². The van der Waals surface area contributed by atoms with Crippen LogP contribution >= 0.6 is 0 Å². The summed E-state index contributed by atoms with van der Waals surface area (Å²) in [5.41, 5.74) is 0.707. The summed E-state index contributed by atoms with van der Waals surface area (Å²) in [6.45, 7) is 5.81. The molecule has 0 aliphatic rings. The van der Waals surface area contributed by atoms with Gasteiger partial charge in [-0.1, -0.05) is 26.0 Å². The monoisotopic (exact) mass is 256 g/mol. The minimum atomic E-state index is -3.66. The van der Waals surface area contributed by atoms with E-state index in [1.165, 1.54) is 0 Å². The van der Waals surface area contributed by atoms with Crippen molar-refractivity contribution in [3.05, 3.63) is 24.3 Å². The van der Waals surface area contributed by atoms with E-state index in [4.69, 9.17) is 5.14 Å². The second-order valence-electron chi connectivity index (χ2n) is 4.00. The van der Waals surface area contributed by atoms with Crippen LogP contribution in [0.15, 0.2) is 29.2 Å². The Hall–Kier alpha value is -1.07. The maximum Gasteiger partial charge on any atom is 0.240 e. The first-order valence-corrected chi connectivity index (χ1v) is 7.42. The van der Waals surface area contributed by atoms with Crippen molar-refractivity contribution in [2.45, 2.75) is 31.6 Å². The summed E-state index contributed by atoms with van der Waals surface area (Å²) >= 11 is 0. The predicted octanol–water partition coefficient (Wildman–Crippen LogP) is 1.96. The van der Waals surface area contributed by atoms with Crippen molar-refractivity contribution in [2.24, 2.45) is 5.14 Å². The lowest BCUT2D eigenvalue weighted by molar-refractivity contribution is 0.597. The van der Waals surface area contributed by atoms with Crippen molar-refractivity contribution in [2.75, 3.05) is 18.0 Å². The molecule has 0 bridgehead atoms. The van der Waals surface area contributed by atoms with Gasteiger partial charge < -0.3 is 4.90 Å². The lowest BCUT2D eigenvalue weighted by atomic mass is 10.2. The van der Waals surface area contributed by atoms with Crippen molar-refractivity contribution in [1.82, 2.24) is 0 Å². The van der Waals surface area contributed by atoms with E-state index in [0.29, 0.717) is 5.69 Å². The highest BCUT2D eigenvalue weighted by atomic mass is 32.2. The molecule has 17 heavy (non-hydrogen) atoms. The number of anilines is 1. The molecule has 0 amide bonds. The molecule has 0 aliphatic carbocycles. The molecule has 1 aromatic carbocycles. The second-order valence-corrected chi connectivity index (χ2v) is 5.53. The van der Waals surface area contributed by atoms with Gasteiger partial charge in [0.2, 0.25) is 10.0 Å². The summed E-state index contributed by atoms with van der Waals surface area (Å²) in [7, 11) is -3.66. The van der Waals surface area contributed by atoms with Gasteiger partial charge in [-0.15, -0.1) is 0 Å². The molecule has 1 rings (SSSR count). The van der Waals surface area contributed by atoms with Gasteiger partial charge >= 0.3 is 0 Å². The smallest absolute Gasteiger partial charge is 0.240 e. The molecule has 5 heteroatoms. The fourth-order valence-corrected chi connectivity index (χ4v) is 2.61. The fraction of sp³-hybridized carbons (Fsp3) is 0.500. The number of sulfonamides is 1. The fourth-order valence-electron chi connectivity index (χ4n) is 1.85. The summed E-state index contributed by atoms with van der Waals surface area (Å²) in [5.74, 6) is 0. The molecule has 96 valence electrons. The Morgan fingerprint density at radius 1 is 1.12 bits per heavy atom. The summed E-state index contributed by atoms with van der Waals surface area (Å²) in [4.78, 5) is 2.28. The lowest BCUT2D eigenvalue weighted by Gasteiger charge is -2.25. The first-order valence-electron chi connectivity index (χ1n) is 5.87. The number of benzene rings is 1. The number of nitrogens with two attached hydrogens (primary N) is 1. The van der Waals surface area contributed by atoms with E-state index in [-0.39, 0.29) is 4.90 Å². The van der Waals surface area contributed by atoms with E-state index in [1.807, 2.05) is 12.1 Å². The van der Waals surface area contributed by atoms with Gasteiger partial charge in [0, 0.05) is 13.1 Å². The van der Waals surface area contributed by atoms with Crippen LogP contribution in [0.3, 0.4) is 0 Å². The molecule has 0 unspecified atom stereocenters. The third-order valence-electron chi connectivity index (χ3n) is 2.50. The van der Waals surface area contributed by atoms with Crippen molar-refractivity contribution in [3.8, 4) is 0 Å². The predicted molar refractivity (Wildman–Crippen MR) is 70.6 cm³/mol. The highest BCUT2D eigenvalue weighted by molar-refractivity contribution is 7.89. The maximum absolute atomic E-state index is 11.5. The SMILES string of the molecule is CCCN(CCC)c1ccccc1S(N)(=O)=O. The molecule has 0 spiro atoms. The van der Waals surface area contributed by atoms with Gasteiger partial charge in [-0.2, -0.15) is 0 Å². The van der Waals surface area contributed by atoms with Gasteiger partial charge in [-0.25, -0.2) is 13.6 Å². The molecule has 0 aromatic heterocycles. The number of rotatable bonds is 6. The maximum atomic E-state index is 11.5. The molecule has 1 aromatic rings. The van der Waals surface area contributed by atoms with E-state index in [2.05, 4.69) is 18.7 Å². The largest absolute Gasteiger partial charge is 0.370 e. The van der Waals surface area contributed by atoms with Crippen molar-refractivity contribution in [3.63, 3.8) is 0 Å². The van der Waals surface area contributed by atoms with Crippen LogP contribution in [0.25, 0.3) is 0 Å². The van der Waals surface area contributed by atoms with E-state index >= 15 is 0 Å². The Morgan fingerprint density at radius 2 is 1.65 bits per heavy atom. The molecule has 0 saturated carbocycles. The van der Waals surface area contributed by atoms with Gasteiger partial charge in [-0.05, 0) is 25.0 Å². The molecule has 0 atom stereocenters. The Balaban J connectivity index is 3.18. The number of para-hydroxylation sites is 1. The minimum absolute atomic E-state index is 0.210. The molecule has 0 heterocycles. The summed E-state index contributed by atoms with van der Waals surface area (Å²) < 4.78 is 23.0. The van der Waals surface area contributed by atoms with E-state index in [0.717, 1.165) is 25.9 Å². The van der Waals surface area contributed by atoms with Gasteiger partial charge in [0.25, 0.3) is 0 Å². The first kappa shape index (κ1) is 14.0. The molecule has 2 N–H and O–H groups in total. The second kappa shape index (κ2) is 6.02. The van der Waals surface area contributed by atoms with E-state index in [9.17, 15) is 8.42 Å². The zero-order valence-corrected chi connectivity index (χ0v) is 11.2. The molecule has 0 aliphatic heterocycles. The highest BCUT2D eigenvalue weighted by Crippen LogP contribution is 2.24. The Morgan fingerprint density at radius 3 is 2.12 bits per heavy atom. The van der Waals surface area contributed by atoms with E-state index in [1.54, 1.807) is 12.1 Å². The van der Waals surface area contributed by atoms with Crippen molar-refractivity contribution in [1.29, 1.82) is 0 Å². The van der Waals surface area contributed by atoms with Crippen molar-refractivity contribution < 1.29 is 8.42 Å². The molecule has 4 nitrogen and oxygen atoms in total. The quantitative estimate of drug-likeness (QED) is 0.846. The summed E-state index contributed by atoms with van der Waals surface area (Å²) in [6, 6.07) is 6.90. The van der Waals surface area contributed by atoms with Gasteiger partial charge in [0.05, 0.1) is 5.69 Å². The Kier molecular flexibility index (Phi) is 4.96. The molecular formula is C12H20N2O2S. The number of hydrogen-bond donors (Lipinski definition) is 1. The van der Waals surface area contributed by atoms with Crippen LogP contribution in [-0.4, -0.2) is 21.5 Å². The molecule has 0 saturated heterocycles. The van der Waals surface area contributed by atoms with Crippen LogP contribution in [-0.2, 0) is 10.0 Å². The first-order chi connectivity index (χ1) is 8.00. The molecule has 0 radical (unpaired) electrons. The average molecular weight is 256 g/mol. The topological polar surface area (TPSA) is 63.4 Å². The lowest BCUT2D eigenvalue weighted by Crippen LogP contribution is -2.27. The zero-order chi connectivity index (χ0) is 12.9. The summed E-state index contributed by atoms with van der Waals surface area (Å²) in [6.07, 6.45) is 1.94. The van der Waals surface area contributed by atoms with Crippen molar-refractivity contribution >= 4 is 15.7 Å². The van der Waals surface area contributed by atoms with Crippen LogP contribution in [0.2, 0.25) is 0 Å². The van der Waals surface area contributed by atoms with Crippen LogP contribution in [0.5, 0.6) is 0 Å². The third-order valence-corrected chi connectivity index (χ3v) is 3.46. The molecule has 0 fully saturated rings. The van der Waals surface area contributed by atoms with Crippen LogP contribution in [0, 0.1) is 0 Å². The Labute approximate surface area is 103 Å². The number of nitrogens with zero attached hydrogens (tertiary/aromatic N) is 1. The normalized spacial score (nSPS) is 11.5. The van der Waals surface area contributed by atoms with Gasteiger partial charge in [-0.3, -0.25) is 0 Å². The zero-order valence-electron chi connectivity index (χ0n) is 10.4.